The summed E-state index contributed by atoms with van der Waals surface area (Å²) in [5.41, 5.74) is 2.61. The second kappa shape index (κ2) is 6.71. The maximum absolute atomic E-state index is 12.0. The lowest BCUT2D eigenvalue weighted by Gasteiger charge is -2.00. The topological polar surface area (TPSA) is 37.3 Å². The summed E-state index contributed by atoms with van der Waals surface area (Å²) in [7, 11) is 0. The van der Waals surface area contributed by atoms with E-state index >= 15 is 0 Å². The normalized spacial score (nSPS) is 10.8. The van der Waals surface area contributed by atoms with Gasteiger partial charge in [0.25, 0.3) is 0 Å². The number of carbonyl (C=O) groups is 1. The first-order chi connectivity index (χ1) is 9.70. The van der Waals surface area contributed by atoms with Crippen LogP contribution in [0.4, 0.5) is 0 Å². The molecule has 0 bridgehead atoms. The zero-order chi connectivity index (χ0) is 14.4. The molecule has 0 unspecified atom stereocenters. The van der Waals surface area contributed by atoms with Gasteiger partial charge in [0.15, 0.2) is 5.78 Å². The van der Waals surface area contributed by atoms with Crippen molar-refractivity contribution < 1.29 is 9.90 Å². The van der Waals surface area contributed by atoms with Crippen LogP contribution in [0.3, 0.4) is 0 Å². The van der Waals surface area contributed by atoms with Gasteiger partial charge in [0.05, 0.1) is 5.56 Å². The minimum Gasteiger partial charge on any atom is -0.507 e. The highest BCUT2D eigenvalue weighted by Crippen LogP contribution is 2.17. The van der Waals surface area contributed by atoms with Gasteiger partial charge in [-0.25, -0.2) is 0 Å². The summed E-state index contributed by atoms with van der Waals surface area (Å²) in [6.07, 6.45) is 5.45. The second-order valence-corrected chi connectivity index (χ2v) is 4.71. The third-order valence-corrected chi connectivity index (χ3v) is 3.12. The summed E-state index contributed by atoms with van der Waals surface area (Å²) in [4.78, 5) is 12.0. The average Bonchev–Trinajstić information content (AvgIpc) is 2.47. The fourth-order valence-electron chi connectivity index (χ4n) is 2.03. The standard InChI is InChI=1S/C18H18O2/c1-2-5-14-8-10-15(11-9-14)12-13-18(20)16-6-3-4-7-17(16)19/h3-4,6-13,19H,2,5H2,1H3. The van der Waals surface area contributed by atoms with Crippen molar-refractivity contribution in [2.45, 2.75) is 19.8 Å². The number of benzene rings is 2. The van der Waals surface area contributed by atoms with Crippen LogP contribution in [0.15, 0.2) is 54.6 Å². The number of phenolic OH excluding ortho intramolecular Hbond substituents is 1. The van der Waals surface area contributed by atoms with Crippen molar-refractivity contribution in [3.8, 4) is 5.75 Å². The molecule has 0 aliphatic rings. The Hall–Kier alpha value is -2.35. The molecule has 20 heavy (non-hydrogen) atoms. The number of rotatable bonds is 5. The Morgan fingerprint density at radius 2 is 1.80 bits per heavy atom. The molecule has 2 aromatic rings. The predicted octanol–water partition coefficient (Wildman–Crippen LogP) is 4.24. The first-order valence-corrected chi connectivity index (χ1v) is 6.80. The van der Waals surface area contributed by atoms with E-state index in [-0.39, 0.29) is 11.5 Å². The molecule has 0 aliphatic heterocycles. The first-order valence-electron chi connectivity index (χ1n) is 6.80. The van der Waals surface area contributed by atoms with Crippen LogP contribution < -0.4 is 0 Å². The zero-order valence-electron chi connectivity index (χ0n) is 11.5. The lowest BCUT2D eigenvalue weighted by atomic mass is 10.1. The zero-order valence-corrected chi connectivity index (χ0v) is 11.5. The molecular weight excluding hydrogens is 248 g/mol. The largest absolute Gasteiger partial charge is 0.507 e. The molecule has 0 radical (unpaired) electrons. The highest BCUT2D eigenvalue weighted by Gasteiger charge is 2.06. The van der Waals surface area contributed by atoms with Crippen molar-refractivity contribution in [2.75, 3.05) is 0 Å². The Kier molecular flexibility index (Phi) is 4.72. The van der Waals surface area contributed by atoms with E-state index in [1.165, 1.54) is 17.7 Å². The molecule has 0 spiro atoms. The number of phenols is 1. The van der Waals surface area contributed by atoms with Crippen LogP contribution in [0.25, 0.3) is 6.08 Å². The van der Waals surface area contributed by atoms with Crippen LogP contribution in [0.2, 0.25) is 0 Å². The van der Waals surface area contributed by atoms with Crippen LogP contribution >= 0.6 is 0 Å². The summed E-state index contributed by atoms with van der Waals surface area (Å²) in [6, 6.07) is 14.7. The highest BCUT2D eigenvalue weighted by molar-refractivity contribution is 6.08. The van der Waals surface area contributed by atoms with E-state index in [4.69, 9.17) is 0 Å². The first kappa shape index (κ1) is 14.1. The quantitative estimate of drug-likeness (QED) is 0.649. The number of aryl methyl sites for hydroxylation is 1. The molecule has 0 fully saturated rings. The van der Waals surface area contributed by atoms with E-state index in [1.54, 1.807) is 24.3 Å². The molecule has 2 heteroatoms. The van der Waals surface area contributed by atoms with Crippen molar-refractivity contribution >= 4 is 11.9 Å². The third kappa shape index (κ3) is 3.58. The Bertz CT molecular complexity index is 610. The smallest absolute Gasteiger partial charge is 0.189 e. The van der Waals surface area contributed by atoms with Crippen molar-refractivity contribution in [1.29, 1.82) is 0 Å². The van der Waals surface area contributed by atoms with Crippen molar-refractivity contribution in [2.24, 2.45) is 0 Å². The minimum absolute atomic E-state index is 0.0143. The fraction of sp³-hybridized carbons (Fsp3) is 0.167. The van der Waals surface area contributed by atoms with E-state index in [1.807, 2.05) is 12.1 Å². The second-order valence-electron chi connectivity index (χ2n) is 4.71. The molecule has 102 valence electrons. The molecule has 0 amide bonds. The Labute approximate surface area is 119 Å². The monoisotopic (exact) mass is 266 g/mol. The number of carbonyl (C=O) groups excluding carboxylic acids is 1. The molecular formula is C18H18O2. The number of ketones is 1. The summed E-state index contributed by atoms with van der Waals surface area (Å²) in [5.74, 6) is -0.179. The number of para-hydroxylation sites is 1. The number of allylic oxidation sites excluding steroid dienone is 1. The molecule has 0 atom stereocenters. The van der Waals surface area contributed by atoms with Gasteiger partial charge in [-0.3, -0.25) is 4.79 Å². The van der Waals surface area contributed by atoms with E-state index in [0.29, 0.717) is 5.56 Å². The summed E-state index contributed by atoms with van der Waals surface area (Å²) < 4.78 is 0. The molecule has 0 heterocycles. The summed E-state index contributed by atoms with van der Waals surface area (Å²) in [6.45, 7) is 2.15. The minimum atomic E-state index is -0.194. The van der Waals surface area contributed by atoms with E-state index in [0.717, 1.165) is 18.4 Å². The maximum atomic E-state index is 12.0. The Morgan fingerprint density at radius 1 is 1.10 bits per heavy atom. The molecule has 2 nitrogen and oxygen atoms in total. The molecule has 1 N–H and O–H groups in total. The van der Waals surface area contributed by atoms with Gasteiger partial charge in [0.2, 0.25) is 0 Å². The van der Waals surface area contributed by atoms with Gasteiger partial charge < -0.3 is 5.11 Å². The molecule has 0 aliphatic carbocycles. The third-order valence-electron chi connectivity index (χ3n) is 3.12. The van der Waals surface area contributed by atoms with Gasteiger partial charge in [0.1, 0.15) is 5.75 Å². The van der Waals surface area contributed by atoms with Crippen LogP contribution in [0.1, 0.15) is 34.8 Å². The molecule has 0 saturated carbocycles. The number of aromatic hydroxyl groups is 1. The molecule has 0 saturated heterocycles. The van der Waals surface area contributed by atoms with Crippen LogP contribution in [0.5, 0.6) is 5.75 Å². The Morgan fingerprint density at radius 3 is 2.45 bits per heavy atom. The summed E-state index contributed by atoms with van der Waals surface area (Å²) >= 11 is 0. The van der Waals surface area contributed by atoms with Gasteiger partial charge in [-0.1, -0.05) is 55.8 Å². The van der Waals surface area contributed by atoms with Gasteiger partial charge in [0, 0.05) is 0 Å². The van der Waals surface area contributed by atoms with Crippen molar-refractivity contribution in [3.05, 3.63) is 71.3 Å². The fourth-order valence-corrected chi connectivity index (χ4v) is 2.03. The lowest BCUT2D eigenvalue weighted by Crippen LogP contribution is -1.94. The van der Waals surface area contributed by atoms with Crippen LogP contribution in [-0.4, -0.2) is 10.9 Å². The summed E-state index contributed by atoms with van der Waals surface area (Å²) in [5, 5.41) is 9.62. The molecule has 0 aromatic heterocycles. The van der Waals surface area contributed by atoms with Crippen LogP contribution in [0, 0.1) is 0 Å². The van der Waals surface area contributed by atoms with E-state index in [2.05, 4.69) is 19.1 Å². The molecule has 2 aromatic carbocycles. The average molecular weight is 266 g/mol. The predicted molar refractivity (Wildman–Crippen MR) is 81.9 cm³/mol. The number of hydrogen-bond donors (Lipinski definition) is 1. The molecule has 2 rings (SSSR count). The van der Waals surface area contributed by atoms with Gasteiger partial charge >= 0.3 is 0 Å². The van der Waals surface area contributed by atoms with Gasteiger partial charge in [-0.05, 0) is 35.8 Å². The Balaban J connectivity index is 2.09. The van der Waals surface area contributed by atoms with Gasteiger partial charge in [-0.15, -0.1) is 0 Å². The SMILES string of the molecule is CCCc1ccc(C=CC(=O)c2ccccc2O)cc1. The van der Waals surface area contributed by atoms with E-state index < -0.39 is 0 Å². The van der Waals surface area contributed by atoms with Crippen LogP contribution in [-0.2, 0) is 6.42 Å². The lowest BCUT2D eigenvalue weighted by molar-refractivity contribution is 0.104. The highest BCUT2D eigenvalue weighted by atomic mass is 16.3. The number of hydrogen-bond acceptors (Lipinski definition) is 2. The van der Waals surface area contributed by atoms with Crippen molar-refractivity contribution in [3.63, 3.8) is 0 Å². The maximum Gasteiger partial charge on any atom is 0.189 e. The van der Waals surface area contributed by atoms with Gasteiger partial charge in [-0.2, -0.15) is 0 Å². The van der Waals surface area contributed by atoms with Crippen molar-refractivity contribution in [1.82, 2.24) is 0 Å². The van der Waals surface area contributed by atoms with E-state index in [9.17, 15) is 9.90 Å².